The van der Waals surface area contributed by atoms with Gasteiger partial charge in [0.1, 0.15) is 0 Å². The SMILES string of the molecule is C=C/C=C(\C=C)[C@H](C)CC(=O)O. The summed E-state index contributed by atoms with van der Waals surface area (Å²) in [6, 6.07) is 0. The molecule has 0 aromatic carbocycles. The molecule has 0 aromatic heterocycles. The third-order valence-corrected chi connectivity index (χ3v) is 1.60. The van der Waals surface area contributed by atoms with E-state index in [9.17, 15) is 4.79 Å². The summed E-state index contributed by atoms with van der Waals surface area (Å²) in [6.45, 7) is 8.99. The van der Waals surface area contributed by atoms with Crippen LogP contribution in [-0.4, -0.2) is 11.1 Å². The average Bonchev–Trinajstić information content (AvgIpc) is 1.98. The fourth-order valence-electron chi connectivity index (χ4n) is 0.949. The number of allylic oxidation sites excluding steroid dienone is 4. The lowest BCUT2D eigenvalue weighted by atomic mass is 9.97. The van der Waals surface area contributed by atoms with Crippen molar-refractivity contribution in [3.8, 4) is 0 Å². The molecule has 0 saturated heterocycles. The summed E-state index contributed by atoms with van der Waals surface area (Å²) in [7, 11) is 0. The van der Waals surface area contributed by atoms with Crippen LogP contribution < -0.4 is 0 Å². The molecule has 0 aliphatic rings. The van der Waals surface area contributed by atoms with Crippen molar-refractivity contribution >= 4 is 5.97 Å². The Morgan fingerprint density at radius 2 is 2.17 bits per heavy atom. The largest absolute Gasteiger partial charge is 0.481 e. The van der Waals surface area contributed by atoms with Crippen LogP contribution in [0.2, 0.25) is 0 Å². The minimum absolute atomic E-state index is 0.00185. The first-order valence-corrected chi connectivity index (χ1v) is 3.78. The van der Waals surface area contributed by atoms with E-state index in [1.807, 2.05) is 6.92 Å². The third kappa shape index (κ3) is 3.76. The molecule has 12 heavy (non-hydrogen) atoms. The van der Waals surface area contributed by atoms with E-state index in [0.29, 0.717) is 0 Å². The topological polar surface area (TPSA) is 37.3 Å². The van der Waals surface area contributed by atoms with Crippen molar-refractivity contribution in [1.29, 1.82) is 0 Å². The predicted octanol–water partition coefficient (Wildman–Crippen LogP) is 2.40. The van der Waals surface area contributed by atoms with Gasteiger partial charge in [0.05, 0.1) is 6.42 Å². The van der Waals surface area contributed by atoms with Crippen molar-refractivity contribution in [2.45, 2.75) is 13.3 Å². The van der Waals surface area contributed by atoms with Crippen LogP contribution in [0.3, 0.4) is 0 Å². The van der Waals surface area contributed by atoms with Gasteiger partial charge in [0.15, 0.2) is 0 Å². The molecular formula is C10H14O2. The molecule has 0 amide bonds. The molecule has 2 heteroatoms. The van der Waals surface area contributed by atoms with E-state index in [4.69, 9.17) is 5.11 Å². The van der Waals surface area contributed by atoms with Crippen LogP contribution in [0.25, 0.3) is 0 Å². The number of carboxylic acid groups (broad SMARTS) is 1. The van der Waals surface area contributed by atoms with Crippen molar-refractivity contribution in [2.75, 3.05) is 0 Å². The van der Waals surface area contributed by atoms with Gasteiger partial charge >= 0.3 is 5.97 Å². The van der Waals surface area contributed by atoms with Gasteiger partial charge in [-0.05, 0) is 11.5 Å². The lowest BCUT2D eigenvalue weighted by Crippen LogP contribution is -2.05. The molecule has 0 bridgehead atoms. The fourth-order valence-corrected chi connectivity index (χ4v) is 0.949. The molecule has 2 nitrogen and oxygen atoms in total. The van der Waals surface area contributed by atoms with E-state index >= 15 is 0 Å². The van der Waals surface area contributed by atoms with E-state index < -0.39 is 5.97 Å². The quantitative estimate of drug-likeness (QED) is 0.637. The van der Waals surface area contributed by atoms with Crippen molar-refractivity contribution in [1.82, 2.24) is 0 Å². The summed E-state index contributed by atoms with van der Waals surface area (Å²) in [5.74, 6) is -0.794. The van der Waals surface area contributed by atoms with E-state index in [1.165, 1.54) is 0 Å². The van der Waals surface area contributed by atoms with Gasteiger partial charge in [-0.3, -0.25) is 4.79 Å². The Labute approximate surface area is 72.9 Å². The first-order chi connectivity index (χ1) is 5.61. The molecule has 66 valence electrons. The number of carboxylic acids is 1. The highest BCUT2D eigenvalue weighted by atomic mass is 16.4. The van der Waals surface area contributed by atoms with Crippen molar-refractivity contribution in [2.24, 2.45) is 5.92 Å². The minimum atomic E-state index is -0.792. The predicted molar refractivity (Wildman–Crippen MR) is 49.9 cm³/mol. The maximum atomic E-state index is 10.3. The highest BCUT2D eigenvalue weighted by Crippen LogP contribution is 2.15. The first-order valence-electron chi connectivity index (χ1n) is 3.78. The highest BCUT2D eigenvalue weighted by molar-refractivity contribution is 5.67. The Hall–Kier alpha value is -1.31. The van der Waals surface area contributed by atoms with Crippen LogP contribution in [0.1, 0.15) is 13.3 Å². The second-order valence-electron chi connectivity index (χ2n) is 2.61. The van der Waals surface area contributed by atoms with Gasteiger partial charge in [-0.15, -0.1) is 0 Å². The van der Waals surface area contributed by atoms with Gasteiger partial charge in [-0.2, -0.15) is 0 Å². The molecule has 0 radical (unpaired) electrons. The minimum Gasteiger partial charge on any atom is -0.481 e. The van der Waals surface area contributed by atoms with Gasteiger partial charge in [0, 0.05) is 0 Å². The molecule has 0 heterocycles. The monoisotopic (exact) mass is 166 g/mol. The van der Waals surface area contributed by atoms with Gasteiger partial charge < -0.3 is 5.11 Å². The van der Waals surface area contributed by atoms with E-state index in [2.05, 4.69) is 13.2 Å². The Morgan fingerprint density at radius 1 is 1.58 bits per heavy atom. The van der Waals surface area contributed by atoms with E-state index in [-0.39, 0.29) is 12.3 Å². The van der Waals surface area contributed by atoms with Crippen LogP contribution in [0.15, 0.2) is 37.0 Å². The molecule has 0 fully saturated rings. The molecule has 0 aliphatic heterocycles. The molecule has 0 saturated carbocycles. The summed E-state index contributed by atoms with van der Waals surface area (Å²) in [5, 5.41) is 8.51. The zero-order chi connectivity index (χ0) is 9.56. The normalized spacial score (nSPS) is 13.6. The number of hydrogen-bond donors (Lipinski definition) is 1. The summed E-state index contributed by atoms with van der Waals surface area (Å²) in [4.78, 5) is 10.3. The van der Waals surface area contributed by atoms with Crippen LogP contribution in [0.4, 0.5) is 0 Å². The summed E-state index contributed by atoms with van der Waals surface area (Å²) >= 11 is 0. The zero-order valence-corrected chi connectivity index (χ0v) is 7.29. The second-order valence-corrected chi connectivity index (χ2v) is 2.61. The fraction of sp³-hybridized carbons (Fsp3) is 0.300. The van der Waals surface area contributed by atoms with E-state index in [1.54, 1.807) is 18.2 Å². The second kappa shape index (κ2) is 5.35. The van der Waals surface area contributed by atoms with Crippen molar-refractivity contribution in [3.63, 3.8) is 0 Å². The summed E-state index contributed by atoms with van der Waals surface area (Å²) in [6.07, 6.45) is 5.21. The van der Waals surface area contributed by atoms with Gasteiger partial charge in [0.25, 0.3) is 0 Å². The van der Waals surface area contributed by atoms with Gasteiger partial charge in [-0.25, -0.2) is 0 Å². The van der Waals surface area contributed by atoms with Crippen LogP contribution in [0.5, 0.6) is 0 Å². The maximum Gasteiger partial charge on any atom is 0.303 e. The summed E-state index contributed by atoms with van der Waals surface area (Å²) < 4.78 is 0. The molecule has 0 rings (SSSR count). The van der Waals surface area contributed by atoms with Crippen molar-refractivity contribution in [3.05, 3.63) is 37.0 Å². The van der Waals surface area contributed by atoms with Crippen LogP contribution in [0, 0.1) is 5.92 Å². The lowest BCUT2D eigenvalue weighted by molar-refractivity contribution is -0.137. The lowest BCUT2D eigenvalue weighted by Gasteiger charge is -2.08. The molecule has 0 spiro atoms. The van der Waals surface area contributed by atoms with Crippen LogP contribution in [-0.2, 0) is 4.79 Å². The number of aliphatic carboxylic acids is 1. The summed E-state index contributed by atoms with van der Waals surface area (Å²) in [5.41, 5.74) is 0.910. The number of carbonyl (C=O) groups is 1. The molecule has 1 N–H and O–H groups in total. The molecule has 0 aliphatic carbocycles. The Morgan fingerprint density at radius 3 is 2.50 bits per heavy atom. The first kappa shape index (κ1) is 10.7. The molecule has 0 unspecified atom stereocenters. The molecule has 0 aromatic rings. The zero-order valence-electron chi connectivity index (χ0n) is 7.29. The molecular weight excluding hydrogens is 152 g/mol. The van der Waals surface area contributed by atoms with Crippen molar-refractivity contribution < 1.29 is 9.90 Å². The standard InChI is InChI=1S/C10H14O2/c1-4-6-9(5-2)8(3)7-10(11)12/h4-6,8H,1-2,7H2,3H3,(H,11,12)/b9-6+/t8-/m1/s1. The number of hydrogen-bond acceptors (Lipinski definition) is 1. The smallest absolute Gasteiger partial charge is 0.303 e. The average molecular weight is 166 g/mol. The Bertz CT molecular complexity index is 214. The molecule has 1 atom stereocenters. The van der Waals surface area contributed by atoms with E-state index in [0.717, 1.165) is 5.57 Å². The Kier molecular flexibility index (Phi) is 4.77. The highest BCUT2D eigenvalue weighted by Gasteiger charge is 2.09. The van der Waals surface area contributed by atoms with Gasteiger partial charge in [-0.1, -0.05) is 38.3 Å². The van der Waals surface area contributed by atoms with Crippen LogP contribution >= 0.6 is 0 Å². The Balaban J connectivity index is 4.31. The number of rotatable bonds is 5. The van der Waals surface area contributed by atoms with Gasteiger partial charge in [0.2, 0.25) is 0 Å². The maximum absolute atomic E-state index is 10.3. The third-order valence-electron chi connectivity index (χ3n) is 1.60.